The molecule has 0 radical (unpaired) electrons. The number of benzene rings is 2. The highest BCUT2D eigenvalue weighted by molar-refractivity contribution is 9.10. The summed E-state index contributed by atoms with van der Waals surface area (Å²) in [5.74, 6) is 0. The Bertz CT molecular complexity index is 626. The fourth-order valence-electron chi connectivity index (χ4n) is 2.98. The van der Waals surface area contributed by atoms with Crippen LogP contribution in [-0.4, -0.2) is 0 Å². The summed E-state index contributed by atoms with van der Waals surface area (Å²) in [5.41, 5.74) is 4.04. The van der Waals surface area contributed by atoms with Gasteiger partial charge in [0.15, 0.2) is 0 Å². The normalized spacial score (nSPS) is 18.9. The molecule has 0 saturated heterocycles. The zero-order valence-corrected chi connectivity index (χ0v) is 13.7. The molecule has 1 N–H and O–H groups in total. The van der Waals surface area contributed by atoms with E-state index < -0.39 is 0 Å². The summed E-state index contributed by atoms with van der Waals surface area (Å²) in [6.45, 7) is 2.18. The van der Waals surface area contributed by atoms with Crippen molar-refractivity contribution >= 4 is 27.5 Å². The monoisotopic (exact) mass is 349 g/mol. The standard InChI is InChI=1S/C17H17BrClN/c1-11(14-4-2-3-5-16(14)19)20-17-9-6-12-10-13(18)7-8-15(12)17/h2-5,7-8,10-11,17,20H,6,9H2,1H3. The van der Waals surface area contributed by atoms with Crippen LogP contribution in [-0.2, 0) is 6.42 Å². The lowest BCUT2D eigenvalue weighted by Gasteiger charge is -2.21. The summed E-state index contributed by atoms with van der Waals surface area (Å²) in [6.07, 6.45) is 2.29. The third-order valence-electron chi connectivity index (χ3n) is 4.01. The van der Waals surface area contributed by atoms with Crippen molar-refractivity contribution in [3.05, 3.63) is 68.7 Å². The molecule has 0 saturated carbocycles. The van der Waals surface area contributed by atoms with Crippen molar-refractivity contribution in [1.29, 1.82) is 0 Å². The van der Waals surface area contributed by atoms with E-state index in [9.17, 15) is 0 Å². The third-order valence-corrected chi connectivity index (χ3v) is 4.84. The molecule has 0 amide bonds. The minimum atomic E-state index is 0.253. The first-order valence-electron chi connectivity index (χ1n) is 6.94. The van der Waals surface area contributed by atoms with E-state index in [2.05, 4.69) is 52.4 Å². The lowest BCUT2D eigenvalue weighted by atomic mass is 10.0. The fraction of sp³-hybridized carbons (Fsp3) is 0.294. The van der Waals surface area contributed by atoms with E-state index in [0.717, 1.165) is 22.3 Å². The van der Waals surface area contributed by atoms with Crippen molar-refractivity contribution in [2.45, 2.75) is 31.8 Å². The zero-order valence-electron chi connectivity index (χ0n) is 11.4. The molecule has 2 atom stereocenters. The van der Waals surface area contributed by atoms with Gasteiger partial charge in [0.1, 0.15) is 0 Å². The lowest BCUT2D eigenvalue weighted by molar-refractivity contribution is 0.465. The number of hydrogen-bond acceptors (Lipinski definition) is 1. The van der Waals surface area contributed by atoms with Crippen LogP contribution in [0.15, 0.2) is 46.9 Å². The van der Waals surface area contributed by atoms with Gasteiger partial charge in [0.25, 0.3) is 0 Å². The maximum absolute atomic E-state index is 6.28. The molecule has 1 aliphatic rings. The van der Waals surface area contributed by atoms with Gasteiger partial charge < -0.3 is 5.32 Å². The number of fused-ring (bicyclic) bond motifs is 1. The summed E-state index contributed by atoms with van der Waals surface area (Å²) in [6, 6.07) is 15.3. The van der Waals surface area contributed by atoms with Gasteiger partial charge in [-0.15, -0.1) is 0 Å². The SMILES string of the molecule is CC(NC1CCc2cc(Br)ccc21)c1ccccc1Cl. The summed E-state index contributed by atoms with van der Waals surface area (Å²) < 4.78 is 1.16. The Morgan fingerprint density at radius 2 is 2.05 bits per heavy atom. The second-order valence-electron chi connectivity index (χ2n) is 5.34. The molecule has 1 nitrogen and oxygen atoms in total. The fourth-order valence-corrected chi connectivity index (χ4v) is 3.68. The third kappa shape index (κ3) is 2.78. The van der Waals surface area contributed by atoms with Crippen molar-refractivity contribution in [3.8, 4) is 0 Å². The Morgan fingerprint density at radius 3 is 2.85 bits per heavy atom. The van der Waals surface area contributed by atoms with Crippen LogP contribution in [0.4, 0.5) is 0 Å². The van der Waals surface area contributed by atoms with Gasteiger partial charge in [-0.05, 0) is 54.7 Å². The van der Waals surface area contributed by atoms with E-state index in [4.69, 9.17) is 11.6 Å². The molecule has 0 spiro atoms. The van der Waals surface area contributed by atoms with E-state index >= 15 is 0 Å². The Morgan fingerprint density at radius 1 is 1.25 bits per heavy atom. The van der Waals surface area contributed by atoms with Crippen LogP contribution in [0, 0.1) is 0 Å². The smallest absolute Gasteiger partial charge is 0.0453 e. The Labute approximate surface area is 133 Å². The molecule has 0 bridgehead atoms. The summed E-state index contributed by atoms with van der Waals surface area (Å²) >= 11 is 9.82. The molecule has 0 aromatic heterocycles. The number of aryl methyl sites for hydroxylation is 1. The first kappa shape index (κ1) is 14.1. The molecule has 3 heteroatoms. The second-order valence-corrected chi connectivity index (χ2v) is 6.67. The Kier molecular flexibility index (Phi) is 4.16. The predicted octanol–water partition coefficient (Wildman–Crippen LogP) is 5.44. The summed E-state index contributed by atoms with van der Waals surface area (Å²) in [7, 11) is 0. The minimum absolute atomic E-state index is 0.253. The van der Waals surface area contributed by atoms with Gasteiger partial charge in [0.05, 0.1) is 0 Å². The quantitative estimate of drug-likeness (QED) is 0.777. The van der Waals surface area contributed by atoms with E-state index in [1.807, 2.05) is 18.2 Å². The highest BCUT2D eigenvalue weighted by Crippen LogP contribution is 2.35. The number of nitrogens with one attached hydrogen (secondary N) is 1. The van der Waals surface area contributed by atoms with Crippen LogP contribution in [0.1, 0.15) is 42.1 Å². The zero-order chi connectivity index (χ0) is 14.1. The van der Waals surface area contributed by atoms with Crippen molar-refractivity contribution < 1.29 is 0 Å². The van der Waals surface area contributed by atoms with Gasteiger partial charge in [-0.1, -0.05) is 51.8 Å². The number of hydrogen-bond donors (Lipinski definition) is 1. The van der Waals surface area contributed by atoms with E-state index in [0.29, 0.717) is 6.04 Å². The van der Waals surface area contributed by atoms with Crippen LogP contribution in [0.3, 0.4) is 0 Å². The average Bonchev–Trinajstić information content (AvgIpc) is 2.81. The molecule has 0 heterocycles. The predicted molar refractivity (Wildman–Crippen MR) is 88.2 cm³/mol. The highest BCUT2D eigenvalue weighted by atomic mass is 79.9. The molecule has 0 fully saturated rings. The van der Waals surface area contributed by atoms with Crippen molar-refractivity contribution in [1.82, 2.24) is 5.32 Å². The first-order chi connectivity index (χ1) is 9.65. The van der Waals surface area contributed by atoms with Crippen LogP contribution in [0.2, 0.25) is 5.02 Å². The van der Waals surface area contributed by atoms with Crippen LogP contribution < -0.4 is 5.32 Å². The summed E-state index contributed by atoms with van der Waals surface area (Å²) in [5, 5.41) is 4.55. The molecule has 1 aliphatic carbocycles. The van der Waals surface area contributed by atoms with Crippen LogP contribution >= 0.6 is 27.5 Å². The molecule has 2 aromatic carbocycles. The van der Waals surface area contributed by atoms with Crippen LogP contribution in [0.5, 0.6) is 0 Å². The second kappa shape index (κ2) is 5.88. The molecule has 2 aromatic rings. The van der Waals surface area contributed by atoms with Crippen molar-refractivity contribution in [2.24, 2.45) is 0 Å². The van der Waals surface area contributed by atoms with Crippen LogP contribution in [0.25, 0.3) is 0 Å². The largest absolute Gasteiger partial charge is 0.303 e. The van der Waals surface area contributed by atoms with Gasteiger partial charge in [-0.2, -0.15) is 0 Å². The number of halogens is 2. The molecular weight excluding hydrogens is 334 g/mol. The van der Waals surface area contributed by atoms with Gasteiger partial charge in [0, 0.05) is 21.6 Å². The summed E-state index contributed by atoms with van der Waals surface area (Å²) in [4.78, 5) is 0. The van der Waals surface area contributed by atoms with Crippen molar-refractivity contribution in [3.63, 3.8) is 0 Å². The van der Waals surface area contributed by atoms with E-state index in [1.54, 1.807) is 0 Å². The molecule has 20 heavy (non-hydrogen) atoms. The molecular formula is C17H17BrClN. The van der Waals surface area contributed by atoms with Gasteiger partial charge in [-0.3, -0.25) is 0 Å². The van der Waals surface area contributed by atoms with Gasteiger partial charge in [0.2, 0.25) is 0 Å². The Balaban J connectivity index is 1.79. The van der Waals surface area contributed by atoms with E-state index in [1.165, 1.54) is 16.7 Å². The van der Waals surface area contributed by atoms with E-state index in [-0.39, 0.29) is 6.04 Å². The first-order valence-corrected chi connectivity index (χ1v) is 8.11. The lowest BCUT2D eigenvalue weighted by Crippen LogP contribution is -2.23. The minimum Gasteiger partial charge on any atom is -0.303 e. The average molecular weight is 351 g/mol. The maximum atomic E-state index is 6.28. The Hall–Kier alpha value is -0.830. The number of rotatable bonds is 3. The van der Waals surface area contributed by atoms with Gasteiger partial charge >= 0.3 is 0 Å². The maximum Gasteiger partial charge on any atom is 0.0453 e. The molecule has 0 aliphatic heterocycles. The van der Waals surface area contributed by atoms with Gasteiger partial charge in [-0.25, -0.2) is 0 Å². The topological polar surface area (TPSA) is 12.0 Å². The highest BCUT2D eigenvalue weighted by Gasteiger charge is 2.24. The molecule has 104 valence electrons. The molecule has 3 rings (SSSR count). The molecule has 2 unspecified atom stereocenters. The van der Waals surface area contributed by atoms with Crippen molar-refractivity contribution in [2.75, 3.05) is 0 Å².